The Balaban J connectivity index is 1.87. The Bertz CT molecular complexity index is 195. The third kappa shape index (κ3) is 1.96. The molecule has 82 valence electrons. The molecular weight excluding hydrogens is 174 g/mol. The molecule has 0 aliphatic carbocycles. The van der Waals surface area contributed by atoms with E-state index >= 15 is 0 Å². The molecule has 2 aliphatic rings. The van der Waals surface area contributed by atoms with Gasteiger partial charge in [0.15, 0.2) is 0 Å². The molecule has 3 atom stereocenters. The monoisotopic (exact) mass is 197 g/mol. The minimum atomic E-state index is -0.303. The van der Waals surface area contributed by atoms with Gasteiger partial charge in [-0.2, -0.15) is 0 Å². The molecule has 2 bridgehead atoms. The highest BCUT2D eigenvalue weighted by atomic mass is 16.3. The zero-order chi connectivity index (χ0) is 10.0. The molecule has 0 spiro atoms. The van der Waals surface area contributed by atoms with Crippen LogP contribution < -0.4 is 0 Å². The van der Waals surface area contributed by atoms with Gasteiger partial charge in [-0.15, -0.1) is 0 Å². The van der Waals surface area contributed by atoms with Crippen molar-refractivity contribution in [3.8, 4) is 0 Å². The highest BCUT2D eigenvalue weighted by Crippen LogP contribution is 2.38. The van der Waals surface area contributed by atoms with Gasteiger partial charge in [0.25, 0.3) is 0 Å². The summed E-state index contributed by atoms with van der Waals surface area (Å²) in [7, 11) is 0. The first kappa shape index (κ1) is 10.4. The van der Waals surface area contributed by atoms with Crippen LogP contribution >= 0.6 is 0 Å². The number of hydrogen-bond donors (Lipinski definition) is 1. The van der Waals surface area contributed by atoms with Crippen LogP contribution in [-0.2, 0) is 0 Å². The lowest BCUT2D eigenvalue weighted by molar-refractivity contribution is -0.0525. The van der Waals surface area contributed by atoms with E-state index in [1.165, 1.54) is 32.2 Å². The zero-order valence-electron chi connectivity index (χ0n) is 9.34. The first-order valence-corrected chi connectivity index (χ1v) is 6.19. The number of nitrogens with zero attached hydrogens (tertiary/aromatic N) is 1. The van der Waals surface area contributed by atoms with Crippen LogP contribution in [-0.4, -0.2) is 35.2 Å². The number of piperidine rings is 1. The maximum atomic E-state index is 10.6. The Labute approximate surface area is 87.3 Å². The number of unbranched alkanes of at least 4 members (excludes halogenated alkanes) is 2. The lowest BCUT2D eigenvalue weighted by Gasteiger charge is -2.39. The van der Waals surface area contributed by atoms with Crippen molar-refractivity contribution in [1.29, 1.82) is 0 Å². The Morgan fingerprint density at radius 3 is 3.00 bits per heavy atom. The first-order chi connectivity index (χ1) is 6.74. The molecule has 0 aromatic carbocycles. The molecule has 0 radical (unpaired) electrons. The van der Waals surface area contributed by atoms with Crippen LogP contribution in [0.3, 0.4) is 0 Å². The number of rotatable bonds is 4. The summed E-state index contributed by atoms with van der Waals surface area (Å²) in [6.45, 7) is 5.73. The minimum absolute atomic E-state index is 0.303. The van der Waals surface area contributed by atoms with Gasteiger partial charge in [0.2, 0.25) is 0 Å². The summed E-state index contributed by atoms with van der Waals surface area (Å²) in [5, 5.41) is 10.6. The second-order valence-corrected chi connectivity index (χ2v) is 5.10. The number of hydrogen-bond acceptors (Lipinski definition) is 2. The highest BCUT2D eigenvalue weighted by Gasteiger charge is 2.43. The van der Waals surface area contributed by atoms with Crippen LogP contribution in [0, 0.1) is 5.92 Å². The summed E-state index contributed by atoms with van der Waals surface area (Å²) >= 11 is 0. The van der Waals surface area contributed by atoms with E-state index in [9.17, 15) is 5.11 Å². The van der Waals surface area contributed by atoms with Gasteiger partial charge in [0.05, 0.1) is 5.60 Å². The van der Waals surface area contributed by atoms with Crippen LogP contribution in [0.25, 0.3) is 0 Å². The molecule has 2 nitrogen and oxygen atoms in total. The lowest BCUT2D eigenvalue weighted by Crippen LogP contribution is -2.46. The molecule has 0 aromatic heterocycles. The SMILES string of the molecule is CCCCCC1(O)CCN2CCC1C2. The maximum absolute atomic E-state index is 10.6. The summed E-state index contributed by atoms with van der Waals surface area (Å²) in [5.41, 5.74) is -0.303. The molecule has 3 unspecified atom stereocenters. The zero-order valence-corrected chi connectivity index (χ0v) is 9.34. The molecule has 2 rings (SSSR count). The standard InChI is InChI=1S/C12H23NO/c1-2-3-4-6-12(14)7-9-13-8-5-11(12)10-13/h11,14H,2-10H2,1H3. The van der Waals surface area contributed by atoms with E-state index < -0.39 is 0 Å². The van der Waals surface area contributed by atoms with Crippen LogP contribution in [0.5, 0.6) is 0 Å². The van der Waals surface area contributed by atoms with Crippen LogP contribution in [0.4, 0.5) is 0 Å². The van der Waals surface area contributed by atoms with Crippen LogP contribution in [0.2, 0.25) is 0 Å². The number of fused-ring (bicyclic) bond motifs is 2. The van der Waals surface area contributed by atoms with Gasteiger partial charge in [-0.05, 0) is 25.8 Å². The van der Waals surface area contributed by atoms with Crippen molar-refractivity contribution in [2.24, 2.45) is 5.92 Å². The van der Waals surface area contributed by atoms with Crippen molar-refractivity contribution >= 4 is 0 Å². The van der Waals surface area contributed by atoms with E-state index in [-0.39, 0.29) is 5.60 Å². The Hall–Kier alpha value is -0.0800. The second-order valence-electron chi connectivity index (χ2n) is 5.10. The quantitative estimate of drug-likeness (QED) is 0.697. The van der Waals surface area contributed by atoms with Gasteiger partial charge in [-0.1, -0.05) is 26.2 Å². The molecule has 2 heteroatoms. The van der Waals surface area contributed by atoms with E-state index in [0.717, 1.165) is 25.9 Å². The fraction of sp³-hybridized carbons (Fsp3) is 1.00. The first-order valence-electron chi connectivity index (χ1n) is 6.19. The van der Waals surface area contributed by atoms with E-state index in [0.29, 0.717) is 5.92 Å². The molecule has 2 saturated heterocycles. The average Bonchev–Trinajstić information content (AvgIpc) is 2.59. The van der Waals surface area contributed by atoms with E-state index in [1.807, 2.05) is 0 Å². The predicted octanol–water partition coefficient (Wildman–Crippen LogP) is 2.02. The van der Waals surface area contributed by atoms with Crippen molar-refractivity contribution < 1.29 is 5.11 Å². The molecule has 0 aromatic rings. The molecule has 0 amide bonds. The highest BCUT2D eigenvalue weighted by molar-refractivity contribution is 4.97. The summed E-state index contributed by atoms with van der Waals surface area (Å²) in [6.07, 6.45) is 7.03. The second kappa shape index (κ2) is 4.19. The van der Waals surface area contributed by atoms with Gasteiger partial charge in [-0.3, -0.25) is 0 Å². The summed E-state index contributed by atoms with van der Waals surface area (Å²) in [6, 6.07) is 0. The number of aliphatic hydroxyl groups is 1. The third-order valence-corrected chi connectivity index (χ3v) is 4.11. The predicted molar refractivity (Wildman–Crippen MR) is 58.3 cm³/mol. The van der Waals surface area contributed by atoms with Crippen molar-refractivity contribution in [1.82, 2.24) is 4.90 Å². The van der Waals surface area contributed by atoms with E-state index in [2.05, 4.69) is 11.8 Å². The van der Waals surface area contributed by atoms with Gasteiger partial charge in [0, 0.05) is 19.0 Å². The van der Waals surface area contributed by atoms with Gasteiger partial charge in [-0.25, -0.2) is 0 Å². The molecule has 2 fully saturated rings. The van der Waals surface area contributed by atoms with Crippen molar-refractivity contribution in [3.05, 3.63) is 0 Å². The van der Waals surface area contributed by atoms with Gasteiger partial charge in [0.1, 0.15) is 0 Å². The maximum Gasteiger partial charge on any atom is 0.0700 e. The lowest BCUT2D eigenvalue weighted by atomic mass is 9.78. The summed E-state index contributed by atoms with van der Waals surface area (Å²) in [4.78, 5) is 2.50. The third-order valence-electron chi connectivity index (χ3n) is 4.11. The van der Waals surface area contributed by atoms with Crippen LogP contribution in [0.15, 0.2) is 0 Å². The normalized spacial score (nSPS) is 41.6. The van der Waals surface area contributed by atoms with Gasteiger partial charge < -0.3 is 10.0 Å². The van der Waals surface area contributed by atoms with Crippen molar-refractivity contribution in [2.75, 3.05) is 19.6 Å². The summed E-state index contributed by atoms with van der Waals surface area (Å²) in [5.74, 6) is 0.577. The molecule has 2 aliphatic heterocycles. The molecule has 2 heterocycles. The molecule has 0 saturated carbocycles. The van der Waals surface area contributed by atoms with Gasteiger partial charge >= 0.3 is 0 Å². The minimum Gasteiger partial charge on any atom is -0.390 e. The fourth-order valence-electron chi connectivity index (χ4n) is 3.04. The molecular formula is C12H23NO. The topological polar surface area (TPSA) is 23.5 Å². The van der Waals surface area contributed by atoms with Crippen molar-refractivity contribution in [2.45, 2.75) is 51.0 Å². The molecule has 14 heavy (non-hydrogen) atoms. The largest absolute Gasteiger partial charge is 0.390 e. The van der Waals surface area contributed by atoms with Crippen LogP contribution in [0.1, 0.15) is 45.4 Å². The van der Waals surface area contributed by atoms with Crippen molar-refractivity contribution in [3.63, 3.8) is 0 Å². The average molecular weight is 197 g/mol. The Morgan fingerprint density at radius 1 is 1.36 bits per heavy atom. The summed E-state index contributed by atoms with van der Waals surface area (Å²) < 4.78 is 0. The fourth-order valence-corrected chi connectivity index (χ4v) is 3.04. The van der Waals surface area contributed by atoms with E-state index in [1.54, 1.807) is 0 Å². The van der Waals surface area contributed by atoms with E-state index in [4.69, 9.17) is 0 Å². The Morgan fingerprint density at radius 2 is 2.21 bits per heavy atom. The molecule has 1 N–H and O–H groups in total. The smallest absolute Gasteiger partial charge is 0.0700 e. The Kier molecular flexibility index (Phi) is 3.13.